The van der Waals surface area contributed by atoms with E-state index in [-0.39, 0.29) is 18.4 Å². The molecule has 0 radical (unpaired) electrons. The van der Waals surface area contributed by atoms with Gasteiger partial charge in [0.15, 0.2) is 0 Å². The lowest BCUT2D eigenvalue weighted by atomic mass is 9.94. The van der Waals surface area contributed by atoms with Gasteiger partial charge in [0.25, 0.3) is 5.91 Å². The molecule has 0 unspecified atom stereocenters. The normalized spacial score (nSPS) is 16.7. The predicted molar refractivity (Wildman–Crippen MR) is 149 cm³/mol. The Morgan fingerprint density at radius 1 is 1.03 bits per heavy atom. The highest BCUT2D eigenvalue weighted by Crippen LogP contribution is 2.32. The maximum Gasteiger partial charge on any atom is 0.273 e. The van der Waals surface area contributed by atoms with E-state index in [2.05, 4.69) is 5.32 Å². The largest absolute Gasteiger partial charge is 0.497 e. The predicted octanol–water partition coefficient (Wildman–Crippen LogP) is 5.01. The van der Waals surface area contributed by atoms with Crippen LogP contribution in [0.15, 0.2) is 89.8 Å². The first-order chi connectivity index (χ1) is 18.4. The highest BCUT2D eigenvalue weighted by Gasteiger charge is 2.48. The second kappa shape index (κ2) is 10.8. The number of ether oxygens (including phenoxy) is 1. The lowest BCUT2D eigenvalue weighted by Gasteiger charge is -2.43. The zero-order valence-electron chi connectivity index (χ0n) is 21.7. The van der Waals surface area contributed by atoms with E-state index in [1.165, 1.54) is 0 Å². The fourth-order valence-corrected chi connectivity index (χ4v) is 5.08. The Labute approximate surface area is 226 Å². The van der Waals surface area contributed by atoms with Crippen molar-refractivity contribution >= 4 is 23.6 Å². The first kappa shape index (κ1) is 25.6. The average Bonchev–Trinajstić information content (AvgIpc) is 3.38. The van der Waals surface area contributed by atoms with Crippen LogP contribution in [0.2, 0.25) is 0 Å². The standard InChI is InChI=1S/C30H30N4O3S/c1-30(29(36)31-18-21-7-5-4-6-8-21)20-34-27(17-26(32-34)23-11-13-24(37-2)14-12-23)28(35)33(30)19-22-9-15-25(38-3)16-10-22/h4-17H,18-20H2,1-3H3,(H,31,36)/t30-/m1/s1. The molecule has 8 heteroatoms. The number of hydrogen-bond donors (Lipinski definition) is 1. The summed E-state index contributed by atoms with van der Waals surface area (Å²) in [5.74, 6) is 0.299. The molecule has 1 aliphatic heterocycles. The number of nitrogens with zero attached hydrogens (tertiary/aromatic N) is 3. The highest BCUT2D eigenvalue weighted by atomic mass is 32.2. The van der Waals surface area contributed by atoms with Gasteiger partial charge in [0, 0.05) is 23.5 Å². The number of benzene rings is 3. The van der Waals surface area contributed by atoms with Crippen molar-refractivity contribution < 1.29 is 14.3 Å². The Morgan fingerprint density at radius 2 is 1.74 bits per heavy atom. The van der Waals surface area contributed by atoms with Crippen molar-refractivity contribution in [1.82, 2.24) is 20.0 Å². The smallest absolute Gasteiger partial charge is 0.273 e. The minimum atomic E-state index is -1.14. The van der Waals surface area contributed by atoms with Crippen LogP contribution in [0, 0.1) is 0 Å². The van der Waals surface area contributed by atoms with Crippen LogP contribution in [-0.2, 0) is 24.4 Å². The number of nitrogens with one attached hydrogen (secondary N) is 1. The molecule has 38 heavy (non-hydrogen) atoms. The number of fused-ring (bicyclic) bond motifs is 1. The fraction of sp³-hybridized carbons (Fsp3) is 0.233. The Kier molecular flexibility index (Phi) is 7.24. The van der Waals surface area contributed by atoms with Gasteiger partial charge < -0.3 is 15.0 Å². The van der Waals surface area contributed by atoms with Gasteiger partial charge in [-0.2, -0.15) is 5.10 Å². The minimum absolute atomic E-state index is 0.220. The van der Waals surface area contributed by atoms with Crippen molar-refractivity contribution in [2.45, 2.75) is 37.0 Å². The molecule has 1 aliphatic rings. The van der Waals surface area contributed by atoms with E-state index in [0.717, 1.165) is 27.3 Å². The van der Waals surface area contributed by atoms with E-state index in [9.17, 15) is 9.59 Å². The van der Waals surface area contributed by atoms with E-state index in [4.69, 9.17) is 9.84 Å². The summed E-state index contributed by atoms with van der Waals surface area (Å²) in [5, 5.41) is 7.79. The molecule has 0 spiro atoms. The molecule has 4 aromatic rings. The van der Waals surface area contributed by atoms with Crippen LogP contribution in [0.1, 0.15) is 28.5 Å². The molecule has 5 rings (SSSR count). The zero-order valence-corrected chi connectivity index (χ0v) is 22.5. The number of amides is 2. The van der Waals surface area contributed by atoms with Gasteiger partial charge in [-0.3, -0.25) is 14.3 Å². The Hall–Kier alpha value is -4.04. The summed E-state index contributed by atoms with van der Waals surface area (Å²) in [6, 6.07) is 27.2. The molecule has 1 N–H and O–H groups in total. The molecular formula is C30H30N4O3S. The molecule has 2 heterocycles. The minimum Gasteiger partial charge on any atom is -0.497 e. The van der Waals surface area contributed by atoms with Crippen LogP contribution >= 0.6 is 11.8 Å². The number of carbonyl (C=O) groups excluding carboxylic acids is 2. The van der Waals surface area contributed by atoms with Gasteiger partial charge in [0.2, 0.25) is 5.91 Å². The summed E-state index contributed by atoms with van der Waals surface area (Å²) in [6.07, 6.45) is 2.03. The van der Waals surface area contributed by atoms with Crippen LogP contribution in [0.4, 0.5) is 0 Å². The summed E-state index contributed by atoms with van der Waals surface area (Å²) >= 11 is 1.66. The van der Waals surface area contributed by atoms with Gasteiger partial charge in [-0.15, -0.1) is 11.8 Å². The van der Waals surface area contributed by atoms with Crippen molar-refractivity contribution in [2.24, 2.45) is 0 Å². The van der Waals surface area contributed by atoms with E-state index < -0.39 is 5.54 Å². The van der Waals surface area contributed by atoms with Crippen molar-refractivity contribution in [2.75, 3.05) is 13.4 Å². The molecule has 194 valence electrons. The van der Waals surface area contributed by atoms with Crippen molar-refractivity contribution in [3.8, 4) is 17.0 Å². The third-order valence-electron chi connectivity index (χ3n) is 6.97. The van der Waals surface area contributed by atoms with Gasteiger partial charge in [-0.25, -0.2) is 0 Å². The summed E-state index contributed by atoms with van der Waals surface area (Å²) in [7, 11) is 1.62. The molecule has 2 amide bonds. The number of aromatic nitrogens is 2. The molecule has 0 bridgehead atoms. The highest BCUT2D eigenvalue weighted by molar-refractivity contribution is 7.98. The number of rotatable bonds is 8. The summed E-state index contributed by atoms with van der Waals surface area (Å²) in [6.45, 7) is 2.75. The second-order valence-corrected chi connectivity index (χ2v) is 10.4. The first-order valence-electron chi connectivity index (χ1n) is 12.4. The van der Waals surface area contributed by atoms with Crippen molar-refractivity contribution in [1.29, 1.82) is 0 Å². The molecule has 1 aromatic heterocycles. The van der Waals surface area contributed by atoms with Gasteiger partial charge in [-0.05, 0) is 66.8 Å². The average molecular weight is 527 g/mol. The number of methoxy groups -OCH3 is 1. The van der Waals surface area contributed by atoms with Gasteiger partial charge >= 0.3 is 0 Å². The van der Waals surface area contributed by atoms with E-state index >= 15 is 0 Å². The number of thioether (sulfide) groups is 1. The maximum absolute atomic E-state index is 13.9. The molecule has 0 saturated carbocycles. The van der Waals surface area contributed by atoms with Crippen LogP contribution in [0.3, 0.4) is 0 Å². The molecule has 7 nitrogen and oxygen atoms in total. The third kappa shape index (κ3) is 5.04. The molecule has 0 aliphatic carbocycles. The first-order valence-corrected chi connectivity index (χ1v) is 13.6. The summed E-state index contributed by atoms with van der Waals surface area (Å²) in [5.41, 5.74) is 2.82. The maximum atomic E-state index is 13.9. The Bertz CT molecular complexity index is 1430. The van der Waals surface area contributed by atoms with Gasteiger partial charge in [-0.1, -0.05) is 42.5 Å². The number of carbonyl (C=O) groups is 2. The lowest BCUT2D eigenvalue weighted by Crippen LogP contribution is -2.63. The van der Waals surface area contributed by atoms with Crippen LogP contribution in [-0.4, -0.2) is 45.4 Å². The number of hydrogen-bond acceptors (Lipinski definition) is 5. The molecule has 0 fully saturated rings. The van der Waals surface area contributed by atoms with E-state index in [1.54, 1.807) is 34.5 Å². The second-order valence-electron chi connectivity index (χ2n) is 9.48. The summed E-state index contributed by atoms with van der Waals surface area (Å²) in [4.78, 5) is 30.5. The van der Waals surface area contributed by atoms with Crippen LogP contribution < -0.4 is 10.1 Å². The monoisotopic (exact) mass is 526 g/mol. The van der Waals surface area contributed by atoms with E-state index in [0.29, 0.717) is 24.5 Å². The van der Waals surface area contributed by atoms with E-state index in [1.807, 2.05) is 92.0 Å². The van der Waals surface area contributed by atoms with Crippen LogP contribution in [0.5, 0.6) is 5.75 Å². The fourth-order valence-electron chi connectivity index (χ4n) is 4.67. The SMILES string of the molecule is COc1ccc(-c2cc3n(n2)C[C@](C)(C(=O)NCc2ccccc2)N(Cc2ccc(SC)cc2)C3=O)cc1. The Balaban J connectivity index is 1.48. The quantitative estimate of drug-likeness (QED) is 0.327. The topological polar surface area (TPSA) is 76.5 Å². The van der Waals surface area contributed by atoms with Gasteiger partial charge in [0.1, 0.15) is 17.0 Å². The Morgan fingerprint density at radius 3 is 2.39 bits per heavy atom. The molecule has 0 saturated heterocycles. The van der Waals surface area contributed by atoms with Gasteiger partial charge in [0.05, 0.1) is 19.3 Å². The molecular weight excluding hydrogens is 496 g/mol. The summed E-state index contributed by atoms with van der Waals surface area (Å²) < 4.78 is 6.93. The van der Waals surface area contributed by atoms with Crippen molar-refractivity contribution in [3.63, 3.8) is 0 Å². The van der Waals surface area contributed by atoms with Crippen LogP contribution in [0.25, 0.3) is 11.3 Å². The molecule has 3 aromatic carbocycles. The zero-order chi connectivity index (χ0) is 26.7. The lowest BCUT2D eigenvalue weighted by molar-refractivity contribution is -0.133. The molecule has 1 atom stereocenters. The third-order valence-corrected chi connectivity index (χ3v) is 7.71. The van der Waals surface area contributed by atoms with Crippen molar-refractivity contribution in [3.05, 3.63) is 102 Å².